The van der Waals surface area contributed by atoms with Crippen molar-refractivity contribution in [2.24, 2.45) is 0 Å². The molecule has 1 amide bonds. The molecule has 0 fully saturated rings. The Kier molecular flexibility index (Phi) is 3.98. The predicted octanol–water partition coefficient (Wildman–Crippen LogP) is 3.51. The summed E-state index contributed by atoms with van der Waals surface area (Å²) in [4.78, 5) is 16.2. The van der Waals surface area contributed by atoms with Crippen LogP contribution in [0.4, 0.5) is 10.8 Å². The van der Waals surface area contributed by atoms with Crippen molar-refractivity contribution in [3.05, 3.63) is 39.3 Å². The molecule has 0 radical (unpaired) electrons. The Labute approximate surface area is 118 Å². The molecular weight excluding hydrogens is 314 g/mol. The third-order valence-corrected chi connectivity index (χ3v) is 3.78. The molecule has 0 aliphatic carbocycles. The second-order valence-electron chi connectivity index (χ2n) is 3.72. The van der Waals surface area contributed by atoms with Gasteiger partial charge in [0.1, 0.15) is 0 Å². The lowest BCUT2D eigenvalue weighted by Gasteiger charge is -2.09. The summed E-state index contributed by atoms with van der Waals surface area (Å²) in [5.74, 6) is -0.166. The molecule has 0 unspecified atom stereocenters. The number of thiazole rings is 1. The molecule has 1 heterocycles. The van der Waals surface area contributed by atoms with Gasteiger partial charge in [0.05, 0.1) is 15.5 Å². The zero-order valence-electron chi connectivity index (χ0n) is 9.95. The summed E-state index contributed by atoms with van der Waals surface area (Å²) in [6.45, 7) is 1.99. The monoisotopic (exact) mass is 325 g/mol. The van der Waals surface area contributed by atoms with E-state index in [1.165, 1.54) is 11.3 Å². The Morgan fingerprint density at radius 3 is 2.83 bits per heavy atom. The number of nitrogens with zero attached hydrogens (tertiary/aromatic N) is 1. The molecule has 4 nitrogen and oxygen atoms in total. The Bertz CT molecular complexity index is 582. The fraction of sp³-hybridized carbons (Fsp3) is 0.167. The molecule has 2 rings (SSSR count). The van der Waals surface area contributed by atoms with Gasteiger partial charge in [0, 0.05) is 12.7 Å². The number of halogens is 1. The van der Waals surface area contributed by atoms with Crippen molar-refractivity contribution in [1.29, 1.82) is 0 Å². The van der Waals surface area contributed by atoms with Gasteiger partial charge in [0.15, 0.2) is 5.13 Å². The number of hydrogen-bond acceptors (Lipinski definition) is 4. The fourth-order valence-corrected chi connectivity index (χ4v) is 2.64. The molecule has 6 heteroatoms. The van der Waals surface area contributed by atoms with Gasteiger partial charge in [-0.1, -0.05) is 17.4 Å². The zero-order valence-corrected chi connectivity index (χ0v) is 12.4. The first-order valence-electron chi connectivity index (χ1n) is 5.31. The van der Waals surface area contributed by atoms with E-state index in [0.29, 0.717) is 10.7 Å². The number of carbonyl (C=O) groups excluding carboxylic acids is 1. The van der Waals surface area contributed by atoms with Crippen molar-refractivity contribution < 1.29 is 4.79 Å². The third-order valence-electron chi connectivity index (χ3n) is 2.39. The van der Waals surface area contributed by atoms with E-state index in [2.05, 4.69) is 31.5 Å². The standard InChI is InChI=1S/C12H12BrN3OS/c1-7-3-4-8(9(5-7)14-2)11(17)16-12-15-6-10(13)18-12/h3-6,14H,1-2H3,(H,15,16,17). The van der Waals surface area contributed by atoms with E-state index in [0.717, 1.165) is 15.0 Å². The smallest absolute Gasteiger partial charge is 0.259 e. The zero-order chi connectivity index (χ0) is 13.1. The maximum Gasteiger partial charge on any atom is 0.259 e. The summed E-state index contributed by atoms with van der Waals surface area (Å²) >= 11 is 4.69. The summed E-state index contributed by atoms with van der Waals surface area (Å²) in [7, 11) is 1.80. The lowest BCUT2D eigenvalue weighted by atomic mass is 10.1. The number of aryl methyl sites for hydroxylation is 1. The van der Waals surface area contributed by atoms with E-state index in [4.69, 9.17) is 0 Å². The van der Waals surface area contributed by atoms with Crippen molar-refractivity contribution >= 4 is 44.0 Å². The van der Waals surface area contributed by atoms with Crippen LogP contribution in [0.2, 0.25) is 0 Å². The highest BCUT2D eigenvalue weighted by molar-refractivity contribution is 9.11. The van der Waals surface area contributed by atoms with Crippen LogP contribution in [0.15, 0.2) is 28.2 Å². The van der Waals surface area contributed by atoms with Gasteiger partial charge in [-0.2, -0.15) is 0 Å². The summed E-state index contributed by atoms with van der Waals surface area (Å²) in [5.41, 5.74) is 2.52. The SMILES string of the molecule is CNc1cc(C)ccc1C(=O)Nc1ncc(Br)s1. The highest BCUT2D eigenvalue weighted by atomic mass is 79.9. The quantitative estimate of drug-likeness (QED) is 0.907. The predicted molar refractivity (Wildman–Crippen MR) is 78.5 cm³/mol. The van der Waals surface area contributed by atoms with Gasteiger partial charge >= 0.3 is 0 Å². The topological polar surface area (TPSA) is 54.0 Å². The Morgan fingerprint density at radius 1 is 1.44 bits per heavy atom. The Morgan fingerprint density at radius 2 is 2.22 bits per heavy atom. The van der Waals surface area contributed by atoms with Gasteiger partial charge in [-0.25, -0.2) is 4.98 Å². The minimum absolute atomic E-state index is 0.166. The highest BCUT2D eigenvalue weighted by Gasteiger charge is 2.12. The molecule has 0 saturated carbocycles. The second kappa shape index (κ2) is 5.49. The molecule has 18 heavy (non-hydrogen) atoms. The van der Waals surface area contributed by atoms with Gasteiger partial charge in [-0.3, -0.25) is 10.1 Å². The molecule has 0 spiro atoms. The van der Waals surface area contributed by atoms with Crippen molar-refractivity contribution in [3.63, 3.8) is 0 Å². The molecule has 0 aliphatic rings. The molecule has 1 aromatic carbocycles. The average Bonchev–Trinajstić information content (AvgIpc) is 2.74. The largest absolute Gasteiger partial charge is 0.387 e. The molecule has 0 bridgehead atoms. The normalized spacial score (nSPS) is 10.2. The van der Waals surface area contributed by atoms with Gasteiger partial charge in [0.2, 0.25) is 0 Å². The Balaban J connectivity index is 2.23. The number of amides is 1. The first-order chi connectivity index (χ1) is 8.60. The van der Waals surface area contributed by atoms with Gasteiger partial charge in [-0.15, -0.1) is 0 Å². The highest BCUT2D eigenvalue weighted by Crippen LogP contribution is 2.24. The van der Waals surface area contributed by atoms with Crippen LogP contribution in [0.1, 0.15) is 15.9 Å². The van der Waals surface area contributed by atoms with Crippen LogP contribution in [0, 0.1) is 6.92 Å². The van der Waals surface area contributed by atoms with E-state index < -0.39 is 0 Å². The van der Waals surface area contributed by atoms with E-state index >= 15 is 0 Å². The Hall–Kier alpha value is -1.40. The van der Waals surface area contributed by atoms with Crippen molar-refractivity contribution in [2.75, 3.05) is 17.7 Å². The maximum atomic E-state index is 12.1. The van der Waals surface area contributed by atoms with E-state index in [-0.39, 0.29) is 5.91 Å². The summed E-state index contributed by atoms with van der Waals surface area (Å²) in [5, 5.41) is 6.37. The molecule has 1 aromatic heterocycles. The summed E-state index contributed by atoms with van der Waals surface area (Å²) in [6.07, 6.45) is 1.66. The first kappa shape index (κ1) is 13.0. The van der Waals surface area contributed by atoms with Crippen LogP contribution in [0.25, 0.3) is 0 Å². The fourth-order valence-electron chi connectivity index (χ4n) is 1.54. The van der Waals surface area contributed by atoms with Crippen LogP contribution >= 0.6 is 27.3 Å². The second-order valence-corrected chi connectivity index (χ2v) is 6.13. The maximum absolute atomic E-state index is 12.1. The van der Waals surface area contributed by atoms with Gasteiger partial charge in [0.25, 0.3) is 5.91 Å². The first-order valence-corrected chi connectivity index (χ1v) is 6.92. The van der Waals surface area contributed by atoms with E-state index in [9.17, 15) is 4.79 Å². The van der Waals surface area contributed by atoms with Crippen LogP contribution in [0.3, 0.4) is 0 Å². The number of anilines is 2. The third kappa shape index (κ3) is 2.88. The van der Waals surface area contributed by atoms with E-state index in [1.54, 1.807) is 19.3 Å². The van der Waals surface area contributed by atoms with Crippen LogP contribution in [-0.4, -0.2) is 17.9 Å². The minimum atomic E-state index is -0.166. The van der Waals surface area contributed by atoms with Crippen LogP contribution in [0.5, 0.6) is 0 Å². The average molecular weight is 326 g/mol. The molecule has 0 atom stereocenters. The molecule has 2 N–H and O–H groups in total. The number of carbonyl (C=O) groups is 1. The number of rotatable bonds is 3. The number of benzene rings is 1. The van der Waals surface area contributed by atoms with Gasteiger partial charge < -0.3 is 5.32 Å². The molecule has 94 valence electrons. The lowest BCUT2D eigenvalue weighted by Crippen LogP contribution is -2.13. The summed E-state index contributed by atoms with van der Waals surface area (Å²) in [6, 6.07) is 5.65. The van der Waals surface area contributed by atoms with Crippen LogP contribution < -0.4 is 10.6 Å². The molecular formula is C12H12BrN3OS. The lowest BCUT2D eigenvalue weighted by molar-refractivity contribution is 0.102. The van der Waals surface area contributed by atoms with Crippen LogP contribution in [-0.2, 0) is 0 Å². The molecule has 0 saturated heterocycles. The molecule has 0 aliphatic heterocycles. The van der Waals surface area contributed by atoms with Crippen molar-refractivity contribution in [3.8, 4) is 0 Å². The number of hydrogen-bond donors (Lipinski definition) is 2. The van der Waals surface area contributed by atoms with Gasteiger partial charge in [-0.05, 0) is 40.5 Å². The minimum Gasteiger partial charge on any atom is -0.387 e. The molecule has 2 aromatic rings. The number of nitrogens with one attached hydrogen (secondary N) is 2. The number of aromatic nitrogens is 1. The van der Waals surface area contributed by atoms with E-state index in [1.807, 2.05) is 19.1 Å². The summed E-state index contributed by atoms with van der Waals surface area (Å²) < 4.78 is 0.885. The van der Waals surface area contributed by atoms with Crippen molar-refractivity contribution in [2.45, 2.75) is 6.92 Å². The van der Waals surface area contributed by atoms with Crippen molar-refractivity contribution in [1.82, 2.24) is 4.98 Å².